The van der Waals surface area contributed by atoms with E-state index < -0.39 is 28.5 Å². The fraction of sp³-hybridized carbons (Fsp3) is 0.222. The molecule has 0 bridgehead atoms. The molecule has 27 heavy (non-hydrogen) atoms. The zero-order valence-electron chi connectivity index (χ0n) is 14.7. The van der Waals surface area contributed by atoms with Gasteiger partial charge in [0.2, 0.25) is 10.0 Å². The molecule has 0 atom stereocenters. The third-order valence-electron chi connectivity index (χ3n) is 3.43. The van der Waals surface area contributed by atoms with Gasteiger partial charge in [-0.15, -0.1) is 0 Å². The average molecular weight is 392 g/mol. The second kappa shape index (κ2) is 9.15. The number of hydrogen-bond donors (Lipinski definition) is 2. The van der Waals surface area contributed by atoms with E-state index in [-0.39, 0.29) is 17.9 Å². The number of nitrogens with two attached hydrogens (primary N) is 1. The molecule has 0 aliphatic heterocycles. The minimum Gasteiger partial charge on any atom is -0.493 e. The predicted octanol–water partition coefficient (Wildman–Crippen LogP) is 1.59. The standard InChI is InChI=1S/C18H20N2O6S/c1-13-2-6-15(7-3-13)25-11-10-18(22)26-12-17(21)20-14-4-8-16(9-5-14)27(19,23)24/h2-9H,10-12H2,1H3,(H,20,21)(H2,19,23,24). The fourth-order valence-corrected chi connectivity index (χ4v) is 2.55. The van der Waals surface area contributed by atoms with Crippen LogP contribution in [0.3, 0.4) is 0 Å². The van der Waals surface area contributed by atoms with Crippen LogP contribution in [-0.4, -0.2) is 33.5 Å². The van der Waals surface area contributed by atoms with Crippen molar-refractivity contribution in [2.24, 2.45) is 5.14 Å². The largest absolute Gasteiger partial charge is 0.493 e. The Balaban J connectivity index is 1.70. The van der Waals surface area contributed by atoms with E-state index in [1.54, 1.807) is 12.1 Å². The van der Waals surface area contributed by atoms with Gasteiger partial charge in [0.25, 0.3) is 5.91 Å². The number of ether oxygens (including phenoxy) is 2. The summed E-state index contributed by atoms with van der Waals surface area (Å²) in [5.41, 5.74) is 1.46. The van der Waals surface area contributed by atoms with Crippen LogP contribution in [0.2, 0.25) is 0 Å². The summed E-state index contributed by atoms with van der Waals surface area (Å²) in [7, 11) is -3.79. The molecule has 0 unspecified atom stereocenters. The molecule has 0 aliphatic carbocycles. The first-order valence-corrected chi connectivity index (χ1v) is 9.56. The van der Waals surface area contributed by atoms with Gasteiger partial charge in [-0.05, 0) is 43.3 Å². The number of hydrogen-bond acceptors (Lipinski definition) is 6. The van der Waals surface area contributed by atoms with Crippen molar-refractivity contribution >= 4 is 27.6 Å². The molecular formula is C18H20N2O6S. The summed E-state index contributed by atoms with van der Waals surface area (Å²) >= 11 is 0. The molecule has 2 aromatic rings. The second-order valence-corrected chi connectivity index (χ2v) is 7.25. The average Bonchev–Trinajstić information content (AvgIpc) is 2.61. The number of benzene rings is 2. The van der Waals surface area contributed by atoms with Gasteiger partial charge in [0.05, 0.1) is 17.9 Å². The molecule has 0 saturated heterocycles. The number of nitrogens with one attached hydrogen (secondary N) is 1. The van der Waals surface area contributed by atoms with Gasteiger partial charge in [-0.2, -0.15) is 0 Å². The van der Waals surface area contributed by atoms with Crippen LogP contribution < -0.4 is 15.2 Å². The molecule has 2 rings (SSSR count). The minimum atomic E-state index is -3.79. The van der Waals surface area contributed by atoms with Crippen LogP contribution in [0.5, 0.6) is 5.75 Å². The van der Waals surface area contributed by atoms with E-state index in [9.17, 15) is 18.0 Å². The summed E-state index contributed by atoms with van der Waals surface area (Å²) in [5, 5.41) is 7.47. The van der Waals surface area contributed by atoms with Crippen molar-refractivity contribution < 1.29 is 27.5 Å². The summed E-state index contributed by atoms with van der Waals surface area (Å²) in [5.74, 6) is -0.470. The summed E-state index contributed by atoms with van der Waals surface area (Å²) in [6.45, 7) is 1.64. The third-order valence-corrected chi connectivity index (χ3v) is 4.36. The van der Waals surface area contributed by atoms with Crippen molar-refractivity contribution in [2.75, 3.05) is 18.5 Å². The molecule has 144 valence electrons. The Labute approximate surface area is 157 Å². The van der Waals surface area contributed by atoms with Gasteiger partial charge in [-0.1, -0.05) is 17.7 Å². The van der Waals surface area contributed by atoms with Crippen molar-refractivity contribution in [3.63, 3.8) is 0 Å². The van der Waals surface area contributed by atoms with Crippen LogP contribution in [0.4, 0.5) is 5.69 Å². The highest BCUT2D eigenvalue weighted by Gasteiger charge is 2.10. The number of anilines is 1. The first-order valence-electron chi connectivity index (χ1n) is 8.02. The maximum Gasteiger partial charge on any atom is 0.309 e. The van der Waals surface area contributed by atoms with Crippen LogP contribution in [0.25, 0.3) is 0 Å². The van der Waals surface area contributed by atoms with Gasteiger partial charge in [0.15, 0.2) is 6.61 Å². The molecule has 0 aliphatic rings. The number of aryl methyl sites for hydroxylation is 1. The SMILES string of the molecule is Cc1ccc(OCCC(=O)OCC(=O)Nc2ccc(S(N)(=O)=O)cc2)cc1. The Hall–Kier alpha value is -2.91. The lowest BCUT2D eigenvalue weighted by atomic mass is 10.2. The summed E-state index contributed by atoms with van der Waals surface area (Å²) in [6, 6.07) is 12.7. The zero-order chi connectivity index (χ0) is 19.9. The lowest BCUT2D eigenvalue weighted by Gasteiger charge is -2.08. The first-order chi connectivity index (χ1) is 12.7. The highest BCUT2D eigenvalue weighted by atomic mass is 32.2. The Kier molecular flexibility index (Phi) is 6.91. The van der Waals surface area contributed by atoms with Crippen LogP contribution in [-0.2, 0) is 24.3 Å². The smallest absolute Gasteiger partial charge is 0.309 e. The molecule has 0 spiro atoms. The van der Waals surface area contributed by atoms with E-state index in [1.807, 2.05) is 19.1 Å². The number of rotatable bonds is 8. The van der Waals surface area contributed by atoms with Gasteiger partial charge in [0.1, 0.15) is 5.75 Å². The van der Waals surface area contributed by atoms with E-state index in [0.717, 1.165) is 5.56 Å². The topological polar surface area (TPSA) is 125 Å². The highest BCUT2D eigenvalue weighted by molar-refractivity contribution is 7.89. The summed E-state index contributed by atoms with van der Waals surface area (Å²) in [6.07, 6.45) is 0.00418. The lowest BCUT2D eigenvalue weighted by Crippen LogP contribution is -2.21. The molecule has 2 aromatic carbocycles. The number of sulfonamides is 1. The molecule has 0 fully saturated rings. The Morgan fingerprint density at radius 2 is 1.67 bits per heavy atom. The van der Waals surface area contributed by atoms with E-state index >= 15 is 0 Å². The van der Waals surface area contributed by atoms with Crippen LogP contribution in [0.15, 0.2) is 53.4 Å². The zero-order valence-corrected chi connectivity index (χ0v) is 15.5. The lowest BCUT2D eigenvalue weighted by molar-refractivity contribution is -0.147. The van der Waals surface area contributed by atoms with Crippen molar-refractivity contribution in [2.45, 2.75) is 18.2 Å². The normalized spacial score (nSPS) is 10.9. The van der Waals surface area contributed by atoms with E-state index in [0.29, 0.717) is 11.4 Å². The van der Waals surface area contributed by atoms with Crippen molar-refractivity contribution in [3.05, 3.63) is 54.1 Å². The maximum absolute atomic E-state index is 11.8. The van der Waals surface area contributed by atoms with Gasteiger partial charge < -0.3 is 14.8 Å². The molecule has 3 N–H and O–H groups in total. The number of primary sulfonamides is 1. The number of carbonyl (C=O) groups excluding carboxylic acids is 2. The van der Waals surface area contributed by atoms with Crippen LogP contribution in [0.1, 0.15) is 12.0 Å². The Bertz CT molecular complexity index is 892. The molecule has 0 aromatic heterocycles. The molecule has 9 heteroatoms. The highest BCUT2D eigenvalue weighted by Crippen LogP contribution is 2.13. The predicted molar refractivity (Wildman–Crippen MR) is 98.7 cm³/mol. The van der Waals surface area contributed by atoms with Crippen molar-refractivity contribution in [1.29, 1.82) is 0 Å². The molecule has 0 saturated carbocycles. The molecule has 0 radical (unpaired) electrons. The first kappa shape index (κ1) is 20.4. The Morgan fingerprint density at radius 3 is 2.26 bits per heavy atom. The van der Waals surface area contributed by atoms with Gasteiger partial charge in [-0.25, -0.2) is 13.6 Å². The molecule has 8 nitrogen and oxygen atoms in total. The van der Waals surface area contributed by atoms with E-state index in [1.165, 1.54) is 24.3 Å². The quantitative estimate of drug-likeness (QED) is 0.657. The minimum absolute atomic E-state index is 0.00418. The molecular weight excluding hydrogens is 372 g/mol. The van der Waals surface area contributed by atoms with Gasteiger partial charge >= 0.3 is 5.97 Å². The molecule has 1 amide bonds. The third kappa shape index (κ3) is 7.08. The summed E-state index contributed by atoms with van der Waals surface area (Å²) < 4.78 is 32.6. The second-order valence-electron chi connectivity index (χ2n) is 5.69. The van der Waals surface area contributed by atoms with Gasteiger partial charge in [0, 0.05) is 5.69 Å². The number of esters is 1. The number of carbonyl (C=O) groups is 2. The maximum atomic E-state index is 11.8. The van der Waals surface area contributed by atoms with Crippen molar-refractivity contribution in [3.8, 4) is 5.75 Å². The monoisotopic (exact) mass is 392 g/mol. The van der Waals surface area contributed by atoms with E-state index in [2.05, 4.69) is 5.32 Å². The molecule has 0 heterocycles. The van der Waals surface area contributed by atoms with Crippen LogP contribution in [0, 0.1) is 6.92 Å². The van der Waals surface area contributed by atoms with Crippen LogP contribution >= 0.6 is 0 Å². The van der Waals surface area contributed by atoms with Gasteiger partial charge in [-0.3, -0.25) is 9.59 Å². The van der Waals surface area contributed by atoms with E-state index in [4.69, 9.17) is 14.6 Å². The Morgan fingerprint density at radius 1 is 1.04 bits per heavy atom. The number of amides is 1. The summed E-state index contributed by atoms with van der Waals surface area (Å²) in [4.78, 5) is 23.3. The van der Waals surface area contributed by atoms with Crippen molar-refractivity contribution in [1.82, 2.24) is 0 Å². The fourth-order valence-electron chi connectivity index (χ4n) is 2.03.